The van der Waals surface area contributed by atoms with Crippen LogP contribution in [-0.4, -0.2) is 16.9 Å². The zero-order valence-electron chi connectivity index (χ0n) is 10.6. The van der Waals surface area contributed by atoms with Gasteiger partial charge in [-0.1, -0.05) is 19.8 Å². The van der Waals surface area contributed by atoms with Crippen molar-refractivity contribution in [3.8, 4) is 0 Å². The molecule has 3 N–H and O–H groups in total. The highest BCUT2D eigenvalue weighted by Gasteiger charge is 2.16. The molecule has 1 atom stereocenters. The summed E-state index contributed by atoms with van der Waals surface area (Å²) < 4.78 is 13.5. The molecule has 0 unspecified atom stereocenters. The molecular formula is C12H16FN3O3. The number of non-ortho nitro benzene ring substituents is 1. The first-order valence-corrected chi connectivity index (χ1v) is 5.96. The van der Waals surface area contributed by atoms with Gasteiger partial charge in [0.15, 0.2) is 5.82 Å². The summed E-state index contributed by atoms with van der Waals surface area (Å²) in [6.07, 6.45) is 2.22. The highest BCUT2D eigenvalue weighted by Crippen LogP contribution is 2.20. The average molecular weight is 269 g/mol. The van der Waals surface area contributed by atoms with Crippen molar-refractivity contribution in [3.05, 3.63) is 34.1 Å². The molecule has 0 aliphatic carbocycles. The highest BCUT2D eigenvalue weighted by molar-refractivity contribution is 5.94. The summed E-state index contributed by atoms with van der Waals surface area (Å²) in [6.45, 7) is 1.97. The standard InChI is InChI=1S/C12H16FN3O3/c1-2-3-4-10(14)12(17)15-11-6-5-8(16(18)19)7-9(11)13/h5-7,10H,2-4,14H2,1H3,(H,15,17)/t10-/m0/s1. The summed E-state index contributed by atoms with van der Waals surface area (Å²) in [4.78, 5) is 21.4. The second-order valence-corrected chi connectivity index (χ2v) is 4.16. The lowest BCUT2D eigenvalue weighted by molar-refractivity contribution is -0.385. The van der Waals surface area contributed by atoms with E-state index in [1.807, 2.05) is 6.92 Å². The van der Waals surface area contributed by atoms with Crippen molar-refractivity contribution in [2.24, 2.45) is 5.73 Å². The van der Waals surface area contributed by atoms with Crippen molar-refractivity contribution >= 4 is 17.3 Å². The lowest BCUT2D eigenvalue weighted by Gasteiger charge is -2.12. The van der Waals surface area contributed by atoms with E-state index in [2.05, 4.69) is 5.32 Å². The third kappa shape index (κ3) is 4.29. The van der Waals surface area contributed by atoms with Gasteiger partial charge in [-0.25, -0.2) is 4.39 Å². The number of carbonyl (C=O) groups is 1. The molecule has 0 bridgehead atoms. The molecule has 0 spiro atoms. The van der Waals surface area contributed by atoms with Crippen molar-refractivity contribution < 1.29 is 14.1 Å². The second kappa shape index (κ2) is 6.79. The Bertz CT molecular complexity index is 479. The van der Waals surface area contributed by atoms with Crippen molar-refractivity contribution in [1.82, 2.24) is 0 Å². The van der Waals surface area contributed by atoms with E-state index >= 15 is 0 Å². The Hall–Kier alpha value is -2.02. The van der Waals surface area contributed by atoms with E-state index in [-0.39, 0.29) is 11.4 Å². The van der Waals surface area contributed by atoms with Crippen molar-refractivity contribution in [2.45, 2.75) is 32.2 Å². The lowest BCUT2D eigenvalue weighted by Crippen LogP contribution is -2.35. The Morgan fingerprint density at radius 2 is 2.26 bits per heavy atom. The topological polar surface area (TPSA) is 98.3 Å². The molecule has 1 rings (SSSR count). The molecule has 104 valence electrons. The van der Waals surface area contributed by atoms with Gasteiger partial charge in [-0.05, 0) is 12.5 Å². The third-order valence-electron chi connectivity index (χ3n) is 2.63. The zero-order valence-corrected chi connectivity index (χ0v) is 10.6. The maximum absolute atomic E-state index is 13.5. The van der Waals surface area contributed by atoms with E-state index in [9.17, 15) is 19.3 Å². The molecule has 0 aromatic heterocycles. The van der Waals surface area contributed by atoms with Gasteiger partial charge in [-0.2, -0.15) is 0 Å². The predicted molar refractivity (Wildman–Crippen MR) is 69.2 cm³/mol. The smallest absolute Gasteiger partial charge is 0.272 e. The number of carbonyl (C=O) groups excluding carboxylic acids is 1. The van der Waals surface area contributed by atoms with Crippen LogP contribution in [0.1, 0.15) is 26.2 Å². The van der Waals surface area contributed by atoms with Gasteiger partial charge in [0.05, 0.1) is 22.7 Å². The largest absolute Gasteiger partial charge is 0.322 e. The van der Waals surface area contributed by atoms with Gasteiger partial charge in [0.1, 0.15) is 0 Å². The predicted octanol–water partition coefficient (Wildman–Crippen LogP) is 2.19. The van der Waals surface area contributed by atoms with E-state index < -0.39 is 22.7 Å². The number of benzene rings is 1. The van der Waals surface area contributed by atoms with Crippen molar-refractivity contribution in [3.63, 3.8) is 0 Å². The van der Waals surface area contributed by atoms with Crippen LogP contribution in [0.5, 0.6) is 0 Å². The van der Waals surface area contributed by atoms with Crippen LogP contribution < -0.4 is 11.1 Å². The molecule has 7 heteroatoms. The fourth-order valence-corrected chi connectivity index (χ4v) is 1.50. The summed E-state index contributed by atoms with van der Waals surface area (Å²) in [5.74, 6) is -1.36. The molecule has 1 amide bonds. The van der Waals surface area contributed by atoms with Gasteiger partial charge >= 0.3 is 0 Å². The Morgan fingerprint density at radius 3 is 2.79 bits per heavy atom. The highest BCUT2D eigenvalue weighted by atomic mass is 19.1. The van der Waals surface area contributed by atoms with Crippen molar-refractivity contribution in [2.75, 3.05) is 5.32 Å². The number of anilines is 1. The molecule has 0 aliphatic heterocycles. The third-order valence-corrected chi connectivity index (χ3v) is 2.63. The van der Waals surface area contributed by atoms with Crippen LogP contribution in [0.2, 0.25) is 0 Å². The van der Waals surface area contributed by atoms with Crippen LogP contribution in [0.15, 0.2) is 18.2 Å². The molecule has 19 heavy (non-hydrogen) atoms. The fourth-order valence-electron chi connectivity index (χ4n) is 1.50. The number of nitrogens with zero attached hydrogens (tertiary/aromatic N) is 1. The van der Waals surface area contributed by atoms with E-state index in [1.165, 1.54) is 0 Å². The molecule has 1 aromatic carbocycles. The number of nitro benzene ring substituents is 1. The average Bonchev–Trinajstić information content (AvgIpc) is 2.37. The first-order chi connectivity index (χ1) is 8.95. The normalized spacial score (nSPS) is 11.9. The minimum absolute atomic E-state index is 0.109. The first kappa shape index (κ1) is 15.0. The number of rotatable bonds is 6. The number of amides is 1. The molecule has 0 aliphatic rings. The molecule has 0 fully saturated rings. The van der Waals surface area contributed by atoms with E-state index in [0.29, 0.717) is 6.42 Å². The Labute approximate surface area is 109 Å². The summed E-state index contributed by atoms with van der Waals surface area (Å²) in [5, 5.41) is 12.8. The Kier molecular flexibility index (Phi) is 5.37. The minimum Gasteiger partial charge on any atom is -0.322 e. The monoisotopic (exact) mass is 269 g/mol. The summed E-state index contributed by atoms with van der Waals surface area (Å²) >= 11 is 0. The number of hydrogen-bond acceptors (Lipinski definition) is 4. The molecule has 0 heterocycles. The number of nitrogens with two attached hydrogens (primary N) is 1. The summed E-state index contributed by atoms with van der Waals surface area (Å²) in [6, 6.07) is 2.32. The van der Waals surface area contributed by atoms with E-state index in [0.717, 1.165) is 31.0 Å². The molecule has 0 saturated carbocycles. The molecule has 1 aromatic rings. The van der Waals surface area contributed by atoms with Gasteiger partial charge in [-0.15, -0.1) is 0 Å². The summed E-state index contributed by atoms with van der Waals surface area (Å²) in [5.41, 5.74) is 5.16. The quantitative estimate of drug-likeness (QED) is 0.610. The summed E-state index contributed by atoms with van der Waals surface area (Å²) in [7, 11) is 0. The number of nitrogens with one attached hydrogen (secondary N) is 1. The Morgan fingerprint density at radius 1 is 1.58 bits per heavy atom. The van der Waals surface area contributed by atoms with E-state index in [1.54, 1.807) is 0 Å². The SMILES string of the molecule is CCCC[C@H](N)C(=O)Nc1ccc([N+](=O)[O-])cc1F. The van der Waals surface area contributed by atoms with Gasteiger partial charge < -0.3 is 11.1 Å². The number of halogens is 1. The van der Waals surface area contributed by atoms with Gasteiger partial charge in [0.2, 0.25) is 5.91 Å². The Balaban J connectivity index is 2.72. The number of nitro groups is 1. The van der Waals surface area contributed by atoms with Gasteiger partial charge in [-0.3, -0.25) is 14.9 Å². The molecule has 6 nitrogen and oxygen atoms in total. The maximum atomic E-state index is 13.5. The fraction of sp³-hybridized carbons (Fsp3) is 0.417. The van der Waals surface area contributed by atoms with Gasteiger partial charge in [0, 0.05) is 6.07 Å². The van der Waals surface area contributed by atoms with Crippen LogP contribution in [0.4, 0.5) is 15.8 Å². The zero-order chi connectivity index (χ0) is 14.4. The van der Waals surface area contributed by atoms with Crippen LogP contribution in [0, 0.1) is 15.9 Å². The maximum Gasteiger partial charge on any atom is 0.272 e. The number of hydrogen-bond donors (Lipinski definition) is 2. The minimum atomic E-state index is -0.856. The molecule has 0 saturated heterocycles. The van der Waals surface area contributed by atoms with Crippen LogP contribution in [-0.2, 0) is 4.79 Å². The number of unbranched alkanes of at least 4 members (excludes halogenated alkanes) is 1. The first-order valence-electron chi connectivity index (χ1n) is 5.96. The van der Waals surface area contributed by atoms with Crippen LogP contribution in [0.3, 0.4) is 0 Å². The lowest BCUT2D eigenvalue weighted by atomic mass is 10.1. The molecular weight excluding hydrogens is 253 g/mol. The van der Waals surface area contributed by atoms with E-state index in [4.69, 9.17) is 5.73 Å². The van der Waals surface area contributed by atoms with Crippen LogP contribution >= 0.6 is 0 Å². The van der Waals surface area contributed by atoms with Crippen molar-refractivity contribution in [1.29, 1.82) is 0 Å². The van der Waals surface area contributed by atoms with Gasteiger partial charge in [0.25, 0.3) is 5.69 Å². The van der Waals surface area contributed by atoms with Crippen LogP contribution in [0.25, 0.3) is 0 Å². The second-order valence-electron chi connectivity index (χ2n) is 4.16. The molecule has 0 radical (unpaired) electrons.